The minimum absolute atomic E-state index is 0.0320. The highest BCUT2D eigenvalue weighted by molar-refractivity contribution is 7.99. The van der Waals surface area contributed by atoms with E-state index in [0.29, 0.717) is 12.1 Å². The lowest BCUT2D eigenvalue weighted by molar-refractivity contribution is -0.122. The minimum atomic E-state index is -0.0945. The number of carbonyl (C=O) groups excluding carboxylic acids is 1. The molecule has 1 aromatic carbocycles. The van der Waals surface area contributed by atoms with Crippen LogP contribution in [-0.2, 0) is 11.3 Å². The van der Waals surface area contributed by atoms with Crippen molar-refractivity contribution in [2.75, 3.05) is 18.1 Å². The molecule has 0 aromatic heterocycles. The summed E-state index contributed by atoms with van der Waals surface area (Å²) in [5.74, 6) is 1.92. The standard InChI is InChI=1S/C13H15N3OS/c14-7-10-2-1-3-11(6-10)8-16-13(17)12-9-18-5-4-15-12/h1-3,6,12,15H,4-5,8-9H2,(H,16,17). The summed E-state index contributed by atoms with van der Waals surface area (Å²) in [6, 6.07) is 9.28. The summed E-state index contributed by atoms with van der Waals surface area (Å²) >= 11 is 1.79. The second-order valence-electron chi connectivity index (χ2n) is 4.11. The van der Waals surface area contributed by atoms with E-state index in [9.17, 15) is 4.79 Å². The van der Waals surface area contributed by atoms with Gasteiger partial charge in [0.15, 0.2) is 0 Å². The predicted octanol–water partition coefficient (Wildman–Crippen LogP) is 0.879. The minimum Gasteiger partial charge on any atom is -0.351 e. The van der Waals surface area contributed by atoms with Crippen molar-refractivity contribution in [2.45, 2.75) is 12.6 Å². The number of nitrogens with zero attached hydrogens (tertiary/aromatic N) is 1. The van der Waals surface area contributed by atoms with Crippen molar-refractivity contribution in [1.82, 2.24) is 10.6 Å². The molecule has 18 heavy (non-hydrogen) atoms. The van der Waals surface area contributed by atoms with Crippen LogP contribution in [0.1, 0.15) is 11.1 Å². The van der Waals surface area contributed by atoms with Crippen LogP contribution >= 0.6 is 11.8 Å². The summed E-state index contributed by atoms with van der Waals surface area (Å²) < 4.78 is 0. The molecule has 1 aliphatic rings. The highest BCUT2D eigenvalue weighted by Crippen LogP contribution is 2.08. The van der Waals surface area contributed by atoms with Crippen molar-refractivity contribution in [2.24, 2.45) is 0 Å². The van der Waals surface area contributed by atoms with Crippen LogP contribution in [-0.4, -0.2) is 30.0 Å². The molecule has 1 aromatic rings. The molecule has 0 radical (unpaired) electrons. The maximum Gasteiger partial charge on any atom is 0.238 e. The highest BCUT2D eigenvalue weighted by Gasteiger charge is 2.20. The van der Waals surface area contributed by atoms with Crippen LogP contribution in [0.3, 0.4) is 0 Å². The lowest BCUT2D eigenvalue weighted by Crippen LogP contribution is -2.48. The SMILES string of the molecule is N#Cc1cccc(CNC(=O)C2CSCCN2)c1. The Balaban J connectivity index is 1.86. The second-order valence-corrected chi connectivity index (χ2v) is 5.26. The average Bonchev–Trinajstić information content (AvgIpc) is 2.46. The predicted molar refractivity (Wildman–Crippen MR) is 72.1 cm³/mol. The number of benzene rings is 1. The van der Waals surface area contributed by atoms with E-state index in [1.807, 2.05) is 12.1 Å². The molecule has 0 spiro atoms. The number of rotatable bonds is 3. The zero-order valence-electron chi connectivity index (χ0n) is 9.98. The fourth-order valence-electron chi connectivity index (χ4n) is 1.80. The van der Waals surface area contributed by atoms with E-state index in [1.54, 1.807) is 23.9 Å². The molecular weight excluding hydrogens is 246 g/mol. The second kappa shape index (κ2) is 6.43. The third kappa shape index (κ3) is 3.49. The molecule has 1 unspecified atom stereocenters. The van der Waals surface area contributed by atoms with Crippen molar-refractivity contribution in [3.8, 4) is 6.07 Å². The van der Waals surface area contributed by atoms with Gasteiger partial charge in [-0.3, -0.25) is 4.79 Å². The Morgan fingerprint density at radius 1 is 1.61 bits per heavy atom. The van der Waals surface area contributed by atoms with Crippen LogP contribution in [0.15, 0.2) is 24.3 Å². The van der Waals surface area contributed by atoms with Gasteiger partial charge in [-0.15, -0.1) is 0 Å². The first kappa shape index (κ1) is 12.9. The van der Waals surface area contributed by atoms with Gasteiger partial charge in [0.05, 0.1) is 17.7 Å². The molecule has 1 fully saturated rings. The molecule has 1 saturated heterocycles. The number of thioether (sulfide) groups is 1. The number of nitriles is 1. The van der Waals surface area contributed by atoms with Crippen molar-refractivity contribution in [1.29, 1.82) is 5.26 Å². The van der Waals surface area contributed by atoms with E-state index in [-0.39, 0.29) is 11.9 Å². The third-order valence-electron chi connectivity index (χ3n) is 2.76. The summed E-state index contributed by atoms with van der Waals surface area (Å²) in [5.41, 5.74) is 1.57. The number of hydrogen-bond acceptors (Lipinski definition) is 4. The average molecular weight is 261 g/mol. The van der Waals surface area contributed by atoms with Gasteiger partial charge in [0.25, 0.3) is 0 Å². The molecule has 1 aliphatic heterocycles. The van der Waals surface area contributed by atoms with E-state index in [2.05, 4.69) is 16.7 Å². The quantitative estimate of drug-likeness (QED) is 0.848. The number of amides is 1. The van der Waals surface area contributed by atoms with Gasteiger partial charge in [0.2, 0.25) is 5.91 Å². The molecular formula is C13H15N3OS. The van der Waals surface area contributed by atoms with Crippen molar-refractivity contribution in [3.63, 3.8) is 0 Å². The summed E-state index contributed by atoms with van der Waals surface area (Å²) in [6.45, 7) is 1.35. The molecule has 1 heterocycles. The van der Waals surface area contributed by atoms with Gasteiger partial charge in [-0.25, -0.2) is 0 Å². The Labute approximate surface area is 111 Å². The molecule has 1 atom stereocenters. The van der Waals surface area contributed by atoms with E-state index in [0.717, 1.165) is 23.6 Å². The summed E-state index contributed by atoms with van der Waals surface area (Å²) in [5, 5.41) is 14.9. The molecule has 0 saturated carbocycles. The van der Waals surface area contributed by atoms with E-state index >= 15 is 0 Å². The molecule has 2 N–H and O–H groups in total. The van der Waals surface area contributed by atoms with Crippen LogP contribution in [0.25, 0.3) is 0 Å². The fourth-order valence-corrected chi connectivity index (χ4v) is 2.73. The summed E-state index contributed by atoms with van der Waals surface area (Å²) in [6.07, 6.45) is 0. The van der Waals surface area contributed by atoms with Gasteiger partial charge in [-0.2, -0.15) is 17.0 Å². The normalized spacial score (nSPS) is 18.9. The smallest absolute Gasteiger partial charge is 0.238 e. The first-order chi connectivity index (χ1) is 8.79. The van der Waals surface area contributed by atoms with Crippen LogP contribution in [0, 0.1) is 11.3 Å². The van der Waals surface area contributed by atoms with Gasteiger partial charge in [0.1, 0.15) is 0 Å². The van der Waals surface area contributed by atoms with E-state index < -0.39 is 0 Å². The lowest BCUT2D eigenvalue weighted by atomic mass is 10.1. The molecule has 2 rings (SSSR count). The van der Waals surface area contributed by atoms with Crippen molar-refractivity contribution < 1.29 is 4.79 Å². The Kier molecular flexibility index (Phi) is 4.62. The van der Waals surface area contributed by atoms with Crippen molar-refractivity contribution in [3.05, 3.63) is 35.4 Å². The first-order valence-electron chi connectivity index (χ1n) is 5.87. The summed E-state index contributed by atoms with van der Waals surface area (Å²) in [4.78, 5) is 11.9. The van der Waals surface area contributed by atoms with E-state index in [1.165, 1.54) is 0 Å². The zero-order chi connectivity index (χ0) is 12.8. The summed E-state index contributed by atoms with van der Waals surface area (Å²) in [7, 11) is 0. The molecule has 4 nitrogen and oxygen atoms in total. The van der Waals surface area contributed by atoms with Gasteiger partial charge >= 0.3 is 0 Å². The fraction of sp³-hybridized carbons (Fsp3) is 0.385. The Morgan fingerprint density at radius 2 is 2.50 bits per heavy atom. The molecule has 0 aliphatic carbocycles. The molecule has 1 amide bonds. The van der Waals surface area contributed by atoms with Crippen LogP contribution in [0.4, 0.5) is 0 Å². The van der Waals surface area contributed by atoms with Gasteiger partial charge in [-0.1, -0.05) is 12.1 Å². The number of nitrogens with one attached hydrogen (secondary N) is 2. The number of hydrogen-bond donors (Lipinski definition) is 2. The Hall–Kier alpha value is -1.51. The molecule has 5 heteroatoms. The topological polar surface area (TPSA) is 64.9 Å². The van der Waals surface area contributed by atoms with Crippen LogP contribution < -0.4 is 10.6 Å². The van der Waals surface area contributed by atoms with Crippen LogP contribution in [0.2, 0.25) is 0 Å². The first-order valence-corrected chi connectivity index (χ1v) is 7.03. The number of carbonyl (C=O) groups is 1. The Bertz CT molecular complexity index is 464. The molecule has 0 bridgehead atoms. The maximum atomic E-state index is 11.9. The van der Waals surface area contributed by atoms with Gasteiger partial charge < -0.3 is 10.6 Å². The van der Waals surface area contributed by atoms with Gasteiger partial charge in [-0.05, 0) is 17.7 Å². The highest BCUT2D eigenvalue weighted by atomic mass is 32.2. The van der Waals surface area contributed by atoms with Gasteiger partial charge in [0, 0.05) is 24.6 Å². The lowest BCUT2D eigenvalue weighted by Gasteiger charge is -2.22. The van der Waals surface area contributed by atoms with E-state index in [4.69, 9.17) is 5.26 Å². The largest absolute Gasteiger partial charge is 0.351 e. The zero-order valence-corrected chi connectivity index (χ0v) is 10.8. The molecule has 94 valence electrons. The van der Waals surface area contributed by atoms with Crippen molar-refractivity contribution >= 4 is 17.7 Å². The Morgan fingerprint density at radius 3 is 3.22 bits per heavy atom. The maximum absolute atomic E-state index is 11.9. The monoisotopic (exact) mass is 261 g/mol. The third-order valence-corrected chi connectivity index (χ3v) is 3.82. The van der Waals surface area contributed by atoms with Crippen LogP contribution in [0.5, 0.6) is 0 Å².